The number of rotatable bonds is 16. The molecule has 3 atom stereocenters. The van der Waals surface area contributed by atoms with Crippen LogP contribution in [0.3, 0.4) is 0 Å². The highest BCUT2D eigenvalue weighted by Crippen LogP contribution is 2.49. The third kappa shape index (κ3) is 11.1. The standard InChI is InChI=1S/C53H77O4PSi3/c1-42-43(38-40-58(54,44-29-19-15-20-30-44)45-31-21-16-22-32-45)41-49(56-59(11,12)51(2,3)4)48(50(42)57-60(13,14)52(5,6)7)37-27-28-39-55-61(53(8,9)10,46-33-23-17-24-34-46)47-35-25-18-26-36-47/h15-26,29-36,38,48-50H,1,27-28,37,39-41H2,2-14H3/b43-38-/t48-,49+,50+/m0/s1. The maximum absolute atomic E-state index is 15.3. The lowest BCUT2D eigenvalue weighted by Crippen LogP contribution is -2.66. The molecule has 0 aliphatic heterocycles. The highest BCUT2D eigenvalue weighted by molar-refractivity contribution is 7.78. The van der Waals surface area contributed by atoms with Crippen molar-refractivity contribution in [1.82, 2.24) is 0 Å². The molecule has 1 aliphatic carbocycles. The molecule has 0 radical (unpaired) electrons. The first-order valence-corrected chi connectivity index (χ1v) is 32.3. The Labute approximate surface area is 374 Å². The highest BCUT2D eigenvalue weighted by atomic mass is 31.2. The van der Waals surface area contributed by atoms with E-state index in [1.807, 2.05) is 60.7 Å². The first kappa shape index (κ1) is 49.1. The van der Waals surface area contributed by atoms with Gasteiger partial charge in [-0.15, -0.1) is 0 Å². The van der Waals surface area contributed by atoms with Crippen molar-refractivity contribution in [2.45, 2.75) is 142 Å². The summed E-state index contributed by atoms with van der Waals surface area (Å²) in [6.45, 7) is 36.0. The van der Waals surface area contributed by atoms with E-state index in [2.05, 4.69) is 155 Å². The average molecular weight is 893 g/mol. The largest absolute Gasteiger partial charge is 0.413 e. The minimum absolute atomic E-state index is 0.00882. The van der Waals surface area contributed by atoms with E-state index in [9.17, 15) is 0 Å². The maximum atomic E-state index is 15.3. The van der Waals surface area contributed by atoms with Gasteiger partial charge in [0.25, 0.3) is 8.32 Å². The fraction of sp³-hybridized carbons (Fsp3) is 0.472. The van der Waals surface area contributed by atoms with E-state index < -0.39 is 32.1 Å². The Morgan fingerprint density at radius 1 is 0.623 bits per heavy atom. The zero-order valence-corrected chi connectivity index (χ0v) is 43.8. The molecule has 1 aliphatic rings. The van der Waals surface area contributed by atoms with Gasteiger partial charge in [-0.2, -0.15) is 0 Å². The summed E-state index contributed by atoms with van der Waals surface area (Å²) in [6.07, 6.45) is 5.99. The fourth-order valence-corrected chi connectivity index (χ4v) is 18.2. The molecule has 4 aromatic rings. The lowest BCUT2D eigenvalue weighted by atomic mass is 9.76. The van der Waals surface area contributed by atoms with Crippen LogP contribution in [0, 0.1) is 5.92 Å². The van der Waals surface area contributed by atoms with Gasteiger partial charge >= 0.3 is 0 Å². The molecule has 0 unspecified atom stereocenters. The Morgan fingerprint density at radius 2 is 1.05 bits per heavy atom. The molecule has 0 amide bonds. The summed E-state index contributed by atoms with van der Waals surface area (Å²) in [5, 5.41) is 4.34. The molecule has 0 spiro atoms. The molecule has 0 saturated heterocycles. The summed E-state index contributed by atoms with van der Waals surface area (Å²) in [5.41, 5.74) is 2.16. The molecule has 0 bridgehead atoms. The highest BCUT2D eigenvalue weighted by Gasteiger charge is 2.51. The van der Waals surface area contributed by atoms with Crippen molar-refractivity contribution in [3.63, 3.8) is 0 Å². The SMILES string of the molecule is C=C1/C(=C\CP(=O)(c2ccccc2)c2ccccc2)C[C@@H](O[Si](C)(C)C(C)(C)C)[C@H](CCCCO[Si](c2ccccc2)(c2ccccc2)C(C)(C)C)[C@@H]1O[Si](C)(C)C(C)(C)C. The van der Waals surface area contributed by atoms with E-state index in [1.165, 1.54) is 10.4 Å². The summed E-state index contributed by atoms with van der Waals surface area (Å²) in [5.74, 6) is 0.121. The van der Waals surface area contributed by atoms with Crippen LogP contribution in [-0.2, 0) is 17.8 Å². The van der Waals surface area contributed by atoms with Gasteiger partial charge in [0.05, 0.1) is 12.2 Å². The van der Waals surface area contributed by atoms with Crippen molar-refractivity contribution >= 4 is 53.1 Å². The summed E-state index contributed by atoms with van der Waals surface area (Å²) < 4.78 is 37.7. The summed E-state index contributed by atoms with van der Waals surface area (Å²) in [4.78, 5) is 0. The van der Waals surface area contributed by atoms with Crippen molar-refractivity contribution in [1.29, 1.82) is 0 Å². The summed E-state index contributed by atoms with van der Waals surface area (Å²) >= 11 is 0. The Bertz CT molecular complexity index is 2010. The Hall–Kier alpha value is -2.88. The topological polar surface area (TPSA) is 44.8 Å². The van der Waals surface area contributed by atoms with Crippen molar-refractivity contribution in [3.8, 4) is 0 Å². The number of allylic oxidation sites excluding steroid dienone is 1. The van der Waals surface area contributed by atoms with E-state index in [0.29, 0.717) is 12.8 Å². The molecule has 4 aromatic carbocycles. The van der Waals surface area contributed by atoms with Gasteiger partial charge in [-0.1, -0.05) is 203 Å². The number of hydrogen-bond acceptors (Lipinski definition) is 4. The van der Waals surface area contributed by atoms with Gasteiger partial charge in [0.15, 0.2) is 16.6 Å². The summed E-state index contributed by atoms with van der Waals surface area (Å²) in [7, 11) is -10.1. The van der Waals surface area contributed by atoms with Gasteiger partial charge in [-0.3, -0.25) is 0 Å². The maximum Gasteiger partial charge on any atom is 0.261 e. The van der Waals surface area contributed by atoms with Crippen LogP contribution in [0.2, 0.25) is 41.3 Å². The minimum atomic E-state index is -3.00. The van der Waals surface area contributed by atoms with Crippen LogP contribution >= 0.6 is 7.14 Å². The molecule has 330 valence electrons. The molecule has 5 rings (SSSR count). The van der Waals surface area contributed by atoms with Crippen LogP contribution in [-0.4, -0.2) is 49.9 Å². The third-order valence-corrected chi connectivity index (χ3v) is 31.1. The second kappa shape index (κ2) is 19.5. The zero-order valence-electron chi connectivity index (χ0n) is 39.9. The van der Waals surface area contributed by atoms with E-state index in [-0.39, 0.29) is 33.2 Å². The van der Waals surface area contributed by atoms with Crippen LogP contribution in [0.25, 0.3) is 0 Å². The molecule has 1 fully saturated rings. The van der Waals surface area contributed by atoms with Crippen molar-refractivity contribution in [2.75, 3.05) is 12.8 Å². The third-order valence-electron chi connectivity index (χ3n) is 14.1. The normalized spacial score (nSPS) is 19.3. The van der Waals surface area contributed by atoms with Gasteiger partial charge in [-0.05, 0) is 82.1 Å². The van der Waals surface area contributed by atoms with Crippen LogP contribution in [0.15, 0.2) is 145 Å². The number of unbranched alkanes of at least 4 members (excludes halogenated alkanes) is 1. The van der Waals surface area contributed by atoms with Gasteiger partial charge in [-0.25, -0.2) is 0 Å². The first-order chi connectivity index (χ1) is 28.4. The Morgan fingerprint density at radius 3 is 1.48 bits per heavy atom. The van der Waals surface area contributed by atoms with Gasteiger partial charge in [0.2, 0.25) is 0 Å². The molecule has 0 heterocycles. The lowest BCUT2D eigenvalue weighted by Gasteiger charge is -2.49. The van der Waals surface area contributed by atoms with Gasteiger partial charge in [0.1, 0.15) is 7.14 Å². The molecule has 0 N–H and O–H groups in total. The predicted octanol–water partition coefficient (Wildman–Crippen LogP) is 13.0. The molecular formula is C53H77O4PSi3. The smallest absolute Gasteiger partial charge is 0.261 e. The average Bonchev–Trinajstić information content (AvgIpc) is 3.20. The van der Waals surface area contributed by atoms with E-state index >= 15 is 4.57 Å². The Balaban J connectivity index is 1.51. The fourth-order valence-electron chi connectivity index (χ4n) is 8.43. The quantitative estimate of drug-likeness (QED) is 0.0639. The van der Waals surface area contributed by atoms with Crippen molar-refractivity contribution in [2.24, 2.45) is 5.92 Å². The monoisotopic (exact) mass is 892 g/mol. The van der Waals surface area contributed by atoms with Crippen LogP contribution in [0.5, 0.6) is 0 Å². The zero-order chi connectivity index (χ0) is 44.9. The van der Waals surface area contributed by atoms with Crippen LogP contribution in [0.4, 0.5) is 0 Å². The van der Waals surface area contributed by atoms with E-state index in [1.54, 1.807) is 0 Å². The van der Waals surface area contributed by atoms with Gasteiger partial charge < -0.3 is 17.8 Å². The van der Waals surface area contributed by atoms with Crippen molar-refractivity contribution < 1.29 is 17.8 Å². The molecule has 4 nitrogen and oxygen atoms in total. The van der Waals surface area contributed by atoms with Gasteiger partial charge in [0, 0.05) is 29.3 Å². The lowest BCUT2D eigenvalue weighted by molar-refractivity contribution is 0.0247. The summed E-state index contributed by atoms with van der Waals surface area (Å²) in [6, 6.07) is 41.9. The minimum Gasteiger partial charge on any atom is -0.413 e. The Kier molecular flexibility index (Phi) is 15.7. The molecule has 8 heteroatoms. The number of hydrogen-bond donors (Lipinski definition) is 0. The molecule has 1 saturated carbocycles. The van der Waals surface area contributed by atoms with Crippen LogP contribution in [0.1, 0.15) is 88.0 Å². The van der Waals surface area contributed by atoms with Crippen LogP contribution < -0.4 is 21.0 Å². The molecule has 0 aromatic heterocycles. The second-order valence-corrected chi connectivity index (χ2v) is 38.1. The second-order valence-electron chi connectivity index (χ2n) is 21.4. The molecular weight excluding hydrogens is 816 g/mol. The number of benzene rings is 4. The predicted molar refractivity (Wildman–Crippen MR) is 272 cm³/mol. The molecule has 61 heavy (non-hydrogen) atoms. The van der Waals surface area contributed by atoms with E-state index in [4.69, 9.17) is 19.9 Å². The van der Waals surface area contributed by atoms with E-state index in [0.717, 1.165) is 47.4 Å². The van der Waals surface area contributed by atoms with Crippen molar-refractivity contribution in [3.05, 3.63) is 145 Å². The first-order valence-electron chi connectivity index (χ1n) is 22.6.